The average Bonchev–Trinajstić information content (AvgIpc) is 2.42. The molecule has 5 heteroatoms. The molecule has 134 valence electrons. The normalized spacial score (nSPS) is 14.3. The molecule has 0 rings (SSSR count). The molecule has 0 saturated carbocycles. The van der Waals surface area contributed by atoms with Crippen molar-refractivity contribution in [2.45, 2.75) is 77.1 Å². The molecule has 0 saturated heterocycles. The van der Waals surface area contributed by atoms with Gasteiger partial charge in [0.1, 0.15) is 0 Å². The van der Waals surface area contributed by atoms with Gasteiger partial charge in [0.05, 0.1) is 30.5 Å². The minimum atomic E-state index is -0.336. The number of aliphatic hydroxyl groups excluding tert-OH is 1. The molecule has 0 aromatic rings. The third-order valence-corrected chi connectivity index (χ3v) is 3.84. The van der Waals surface area contributed by atoms with Crippen LogP contribution in [0.1, 0.15) is 59.8 Å². The number of nitrogens with two attached hydrogens (primary N) is 1. The molecule has 3 N–H and O–H groups in total. The van der Waals surface area contributed by atoms with Gasteiger partial charge in [-0.05, 0) is 59.9 Å². The highest BCUT2D eigenvalue weighted by molar-refractivity contribution is 4.74. The van der Waals surface area contributed by atoms with E-state index in [1.54, 1.807) is 7.11 Å². The minimum absolute atomic E-state index is 0.145. The van der Waals surface area contributed by atoms with Gasteiger partial charge in [-0.2, -0.15) is 0 Å². The molecular formula is C17H37NO4. The Bertz CT molecular complexity index is 269. The first-order chi connectivity index (χ1) is 10.2. The van der Waals surface area contributed by atoms with Gasteiger partial charge < -0.3 is 25.1 Å². The molecule has 0 aliphatic rings. The molecule has 5 nitrogen and oxygen atoms in total. The Kier molecular flexibility index (Phi) is 11.3. The van der Waals surface area contributed by atoms with Crippen molar-refractivity contribution in [3.05, 3.63) is 0 Å². The molecule has 22 heavy (non-hydrogen) atoms. The maximum Gasteiger partial charge on any atom is 0.0707 e. The largest absolute Gasteiger partial charge is 0.393 e. The second-order valence-electron chi connectivity index (χ2n) is 7.08. The predicted molar refractivity (Wildman–Crippen MR) is 90.1 cm³/mol. The van der Waals surface area contributed by atoms with E-state index >= 15 is 0 Å². The van der Waals surface area contributed by atoms with Crippen molar-refractivity contribution in [3.8, 4) is 0 Å². The zero-order valence-electron chi connectivity index (χ0n) is 15.2. The van der Waals surface area contributed by atoms with E-state index in [9.17, 15) is 5.11 Å². The highest BCUT2D eigenvalue weighted by Gasteiger charge is 2.22. The van der Waals surface area contributed by atoms with Crippen LogP contribution in [0.15, 0.2) is 0 Å². The van der Waals surface area contributed by atoms with Crippen molar-refractivity contribution in [3.63, 3.8) is 0 Å². The highest BCUT2D eigenvalue weighted by Crippen LogP contribution is 2.19. The van der Waals surface area contributed by atoms with E-state index in [0.29, 0.717) is 32.8 Å². The van der Waals surface area contributed by atoms with Crippen molar-refractivity contribution in [1.29, 1.82) is 0 Å². The highest BCUT2D eigenvalue weighted by atomic mass is 16.5. The van der Waals surface area contributed by atoms with E-state index in [1.165, 1.54) is 0 Å². The van der Waals surface area contributed by atoms with Gasteiger partial charge in [0, 0.05) is 20.1 Å². The molecule has 1 atom stereocenters. The summed E-state index contributed by atoms with van der Waals surface area (Å²) in [5.41, 5.74) is 4.97. The lowest BCUT2D eigenvalue weighted by molar-refractivity contribution is -0.0752. The lowest BCUT2D eigenvalue weighted by atomic mass is 9.97. The standard InChI is InChI=1S/C17H37NO4/c1-16(2,20-5)9-11-21-12-13-22-17(3,4)14-15(19)8-6-7-10-18/h15,19H,6-14,18H2,1-5H3. The molecule has 0 amide bonds. The SMILES string of the molecule is COC(C)(C)CCOCCOC(C)(C)CC(O)CCCCN. The van der Waals surface area contributed by atoms with Crippen molar-refractivity contribution >= 4 is 0 Å². The summed E-state index contributed by atoms with van der Waals surface area (Å²) in [6.07, 6.45) is 3.87. The Hall–Kier alpha value is -0.200. The second kappa shape index (κ2) is 11.4. The average molecular weight is 319 g/mol. The van der Waals surface area contributed by atoms with Crippen LogP contribution >= 0.6 is 0 Å². The summed E-state index contributed by atoms with van der Waals surface area (Å²) in [4.78, 5) is 0. The number of rotatable bonds is 14. The smallest absolute Gasteiger partial charge is 0.0707 e. The van der Waals surface area contributed by atoms with E-state index in [0.717, 1.165) is 25.7 Å². The Morgan fingerprint density at radius 1 is 1.00 bits per heavy atom. The number of aliphatic hydroxyl groups is 1. The number of unbranched alkanes of at least 4 members (excludes halogenated alkanes) is 1. The van der Waals surface area contributed by atoms with E-state index in [1.807, 2.05) is 27.7 Å². The lowest BCUT2D eigenvalue weighted by Crippen LogP contribution is -2.31. The van der Waals surface area contributed by atoms with Crippen LogP contribution in [0.4, 0.5) is 0 Å². The van der Waals surface area contributed by atoms with Crippen LogP contribution in [0.25, 0.3) is 0 Å². The van der Waals surface area contributed by atoms with Crippen LogP contribution in [0.2, 0.25) is 0 Å². The van der Waals surface area contributed by atoms with Crippen LogP contribution in [0.3, 0.4) is 0 Å². The summed E-state index contributed by atoms with van der Waals surface area (Å²) in [6.45, 7) is 10.5. The molecule has 0 aliphatic carbocycles. The second-order valence-corrected chi connectivity index (χ2v) is 7.08. The zero-order valence-corrected chi connectivity index (χ0v) is 15.2. The molecule has 0 aliphatic heterocycles. The topological polar surface area (TPSA) is 73.9 Å². The third kappa shape index (κ3) is 12.4. The van der Waals surface area contributed by atoms with Gasteiger partial charge in [0.25, 0.3) is 0 Å². The lowest BCUT2D eigenvalue weighted by Gasteiger charge is -2.28. The van der Waals surface area contributed by atoms with E-state index < -0.39 is 0 Å². The minimum Gasteiger partial charge on any atom is -0.393 e. The fourth-order valence-electron chi connectivity index (χ4n) is 2.15. The predicted octanol–water partition coefficient (Wildman–Crippen LogP) is 2.49. The van der Waals surface area contributed by atoms with E-state index in [2.05, 4.69) is 0 Å². The van der Waals surface area contributed by atoms with Crippen LogP contribution < -0.4 is 5.73 Å². The fraction of sp³-hybridized carbons (Fsp3) is 1.00. The summed E-state index contributed by atoms with van der Waals surface area (Å²) in [6, 6.07) is 0. The Morgan fingerprint density at radius 2 is 1.68 bits per heavy atom. The number of methoxy groups -OCH3 is 1. The summed E-state index contributed by atoms with van der Waals surface area (Å²) in [5, 5.41) is 10.0. The van der Waals surface area contributed by atoms with Crippen molar-refractivity contribution in [2.75, 3.05) is 33.5 Å². The van der Waals surface area contributed by atoms with Gasteiger partial charge in [-0.3, -0.25) is 0 Å². The van der Waals surface area contributed by atoms with Crippen LogP contribution in [-0.4, -0.2) is 55.9 Å². The number of hydrogen-bond acceptors (Lipinski definition) is 5. The Balaban J connectivity index is 3.71. The van der Waals surface area contributed by atoms with Crippen LogP contribution in [0, 0.1) is 0 Å². The molecule has 0 aromatic carbocycles. The fourth-order valence-corrected chi connectivity index (χ4v) is 2.15. The van der Waals surface area contributed by atoms with Crippen molar-refractivity contribution in [1.82, 2.24) is 0 Å². The van der Waals surface area contributed by atoms with Gasteiger partial charge in [0.2, 0.25) is 0 Å². The summed E-state index contributed by atoms with van der Waals surface area (Å²) >= 11 is 0. The first kappa shape index (κ1) is 21.8. The molecule has 0 heterocycles. The molecule has 0 fully saturated rings. The summed E-state index contributed by atoms with van der Waals surface area (Å²) in [5.74, 6) is 0. The van der Waals surface area contributed by atoms with Crippen molar-refractivity contribution < 1.29 is 19.3 Å². The maximum absolute atomic E-state index is 10.0. The molecule has 0 bridgehead atoms. The van der Waals surface area contributed by atoms with Gasteiger partial charge >= 0.3 is 0 Å². The van der Waals surface area contributed by atoms with Gasteiger partial charge in [0.15, 0.2) is 0 Å². The summed E-state index contributed by atoms with van der Waals surface area (Å²) < 4.78 is 16.7. The first-order valence-electron chi connectivity index (χ1n) is 8.37. The molecule has 1 unspecified atom stereocenters. The van der Waals surface area contributed by atoms with Gasteiger partial charge in [-0.1, -0.05) is 0 Å². The number of hydrogen-bond donors (Lipinski definition) is 2. The Labute approximate surface area is 136 Å². The van der Waals surface area contributed by atoms with Crippen LogP contribution in [0.5, 0.6) is 0 Å². The summed E-state index contributed by atoms with van der Waals surface area (Å²) in [7, 11) is 1.71. The number of ether oxygens (including phenoxy) is 3. The van der Waals surface area contributed by atoms with E-state index in [-0.39, 0.29) is 17.3 Å². The quantitative estimate of drug-likeness (QED) is 0.481. The molecule has 0 aromatic heterocycles. The zero-order chi connectivity index (χ0) is 17.1. The maximum atomic E-state index is 10.0. The first-order valence-corrected chi connectivity index (χ1v) is 8.37. The third-order valence-electron chi connectivity index (χ3n) is 3.84. The van der Waals surface area contributed by atoms with Crippen LogP contribution in [-0.2, 0) is 14.2 Å². The molecule has 0 radical (unpaired) electrons. The van der Waals surface area contributed by atoms with Crippen molar-refractivity contribution in [2.24, 2.45) is 5.73 Å². The monoisotopic (exact) mass is 319 g/mol. The Morgan fingerprint density at radius 3 is 2.27 bits per heavy atom. The molecule has 0 spiro atoms. The van der Waals surface area contributed by atoms with Gasteiger partial charge in [-0.15, -0.1) is 0 Å². The molecular weight excluding hydrogens is 282 g/mol. The van der Waals surface area contributed by atoms with E-state index in [4.69, 9.17) is 19.9 Å². The van der Waals surface area contributed by atoms with Gasteiger partial charge in [-0.25, -0.2) is 0 Å².